The minimum absolute atomic E-state index is 0.0212. The number of amides is 1. The fraction of sp³-hybridized carbons (Fsp3) is 0.320. The van der Waals surface area contributed by atoms with E-state index in [-0.39, 0.29) is 29.9 Å². The Morgan fingerprint density at radius 2 is 1.94 bits per heavy atom. The molecule has 1 atom stereocenters. The lowest BCUT2D eigenvalue weighted by atomic mass is 10.0. The second-order valence-electron chi connectivity index (χ2n) is 8.19. The Labute approximate surface area is 194 Å². The molecule has 0 aliphatic carbocycles. The molecule has 33 heavy (non-hydrogen) atoms. The van der Waals surface area contributed by atoms with Crippen molar-refractivity contribution in [1.29, 1.82) is 0 Å². The van der Waals surface area contributed by atoms with Crippen molar-refractivity contribution in [3.8, 4) is 5.75 Å². The molecule has 8 heteroatoms. The molecule has 2 aromatic carbocycles. The summed E-state index contributed by atoms with van der Waals surface area (Å²) in [6.07, 6.45) is 3.17. The Bertz CT molecular complexity index is 1190. The van der Waals surface area contributed by atoms with Crippen LogP contribution in [0.2, 0.25) is 0 Å². The highest BCUT2D eigenvalue weighted by atomic mass is 32.2. The van der Waals surface area contributed by atoms with Crippen molar-refractivity contribution in [2.24, 2.45) is 0 Å². The first-order valence-corrected chi connectivity index (χ1v) is 12.3. The second-order valence-corrected chi connectivity index (χ2v) is 10.1. The Balaban J connectivity index is 1.60. The highest BCUT2D eigenvalue weighted by Crippen LogP contribution is 2.34. The van der Waals surface area contributed by atoms with Crippen LogP contribution in [0.3, 0.4) is 0 Å². The number of benzene rings is 2. The maximum Gasteiger partial charge on any atom is 0.243 e. The van der Waals surface area contributed by atoms with Gasteiger partial charge in [-0.25, -0.2) is 8.42 Å². The number of methoxy groups -OCH3 is 1. The van der Waals surface area contributed by atoms with Crippen LogP contribution in [0.25, 0.3) is 0 Å². The largest absolute Gasteiger partial charge is 0.497 e. The zero-order chi connectivity index (χ0) is 23.4. The van der Waals surface area contributed by atoms with Gasteiger partial charge in [-0.05, 0) is 61.7 Å². The van der Waals surface area contributed by atoms with Crippen molar-refractivity contribution in [3.63, 3.8) is 0 Å². The number of carbonyl (C=O) groups excluding carboxylic acids is 1. The van der Waals surface area contributed by atoms with Crippen LogP contribution in [0.4, 0.5) is 0 Å². The van der Waals surface area contributed by atoms with Crippen molar-refractivity contribution in [1.82, 2.24) is 9.21 Å². The summed E-state index contributed by atoms with van der Waals surface area (Å²) in [5.41, 5.74) is 1.94. The summed E-state index contributed by atoms with van der Waals surface area (Å²) >= 11 is 0. The first-order valence-electron chi connectivity index (χ1n) is 10.9. The van der Waals surface area contributed by atoms with Crippen LogP contribution in [-0.2, 0) is 21.4 Å². The molecular weight excluding hydrogens is 440 g/mol. The molecule has 0 saturated carbocycles. The molecule has 1 aliphatic rings. The van der Waals surface area contributed by atoms with Crippen molar-refractivity contribution in [2.75, 3.05) is 20.2 Å². The molecule has 2 heterocycles. The number of nitrogens with zero attached hydrogens (tertiary/aromatic N) is 2. The van der Waals surface area contributed by atoms with Crippen LogP contribution in [0.15, 0.2) is 76.2 Å². The molecule has 1 saturated heterocycles. The minimum Gasteiger partial charge on any atom is -0.497 e. The summed E-state index contributed by atoms with van der Waals surface area (Å²) in [6, 6.07) is 17.6. The molecule has 0 radical (unpaired) electrons. The summed E-state index contributed by atoms with van der Waals surface area (Å²) in [5.74, 6) is 0.972. The summed E-state index contributed by atoms with van der Waals surface area (Å²) in [5, 5.41) is 0. The lowest BCUT2D eigenvalue weighted by Crippen LogP contribution is -2.42. The van der Waals surface area contributed by atoms with Crippen molar-refractivity contribution in [2.45, 2.75) is 37.2 Å². The van der Waals surface area contributed by atoms with Gasteiger partial charge in [0.25, 0.3) is 0 Å². The maximum atomic E-state index is 13.5. The third-order valence-corrected chi connectivity index (χ3v) is 7.74. The van der Waals surface area contributed by atoms with E-state index in [9.17, 15) is 13.2 Å². The zero-order valence-electron chi connectivity index (χ0n) is 18.8. The lowest BCUT2D eigenvalue weighted by molar-refractivity contribution is -0.132. The van der Waals surface area contributed by atoms with Gasteiger partial charge in [0, 0.05) is 6.54 Å². The zero-order valence-corrected chi connectivity index (χ0v) is 19.6. The van der Waals surface area contributed by atoms with Gasteiger partial charge in [0.1, 0.15) is 11.5 Å². The summed E-state index contributed by atoms with van der Waals surface area (Å²) in [6.45, 7) is 2.19. The van der Waals surface area contributed by atoms with Crippen LogP contribution in [-0.4, -0.2) is 43.7 Å². The van der Waals surface area contributed by atoms with E-state index < -0.39 is 10.0 Å². The van der Waals surface area contributed by atoms with Gasteiger partial charge in [0.15, 0.2) is 0 Å². The second kappa shape index (κ2) is 9.80. The van der Waals surface area contributed by atoms with E-state index in [0.29, 0.717) is 12.3 Å². The van der Waals surface area contributed by atoms with Crippen LogP contribution < -0.4 is 4.74 Å². The van der Waals surface area contributed by atoms with E-state index in [2.05, 4.69) is 0 Å². The molecular formula is C25H28N2O5S. The van der Waals surface area contributed by atoms with Crippen molar-refractivity contribution >= 4 is 15.9 Å². The van der Waals surface area contributed by atoms with Gasteiger partial charge >= 0.3 is 0 Å². The SMILES string of the molecule is COc1cccc(C2CCCN2C(=O)CN(Cc2ccco2)S(=O)(=O)c2ccc(C)cc2)c1. The summed E-state index contributed by atoms with van der Waals surface area (Å²) in [7, 11) is -2.30. The normalized spacial score (nSPS) is 16.3. The van der Waals surface area contributed by atoms with Crippen LogP contribution in [0, 0.1) is 6.92 Å². The van der Waals surface area contributed by atoms with E-state index in [1.807, 2.05) is 31.2 Å². The van der Waals surface area contributed by atoms with Crippen molar-refractivity contribution < 1.29 is 22.4 Å². The predicted octanol–water partition coefficient (Wildman–Crippen LogP) is 4.15. The topological polar surface area (TPSA) is 80.1 Å². The molecule has 0 bridgehead atoms. The third kappa shape index (κ3) is 5.12. The van der Waals surface area contributed by atoms with Crippen LogP contribution in [0.5, 0.6) is 5.75 Å². The van der Waals surface area contributed by atoms with Crippen molar-refractivity contribution in [3.05, 3.63) is 83.8 Å². The molecule has 3 aromatic rings. The molecule has 7 nitrogen and oxygen atoms in total. The van der Waals surface area contributed by atoms with E-state index in [1.54, 1.807) is 48.4 Å². The van der Waals surface area contributed by atoms with Gasteiger partial charge < -0.3 is 14.1 Å². The smallest absolute Gasteiger partial charge is 0.243 e. The Kier molecular flexibility index (Phi) is 6.85. The maximum absolute atomic E-state index is 13.5. The number of rotatable bonds is 8. The van der Waals surface area contributed by atoms with E-state index in [1.165, 1.54) is 10.6 Å². The fourth-order valence-corrected chi connectivity index (χ4v) is 5.52. The summed E-state index contributed by atoms with van der Waals surface area (Å²) in [4.78, 5) is 15.3. The number of sulfonamides is 1. The van der Waals surface area contributed by atoms with Gasteiger partial charge in [-0.1, -0.05) is 29.8 Å². The number of carbonyl (C=O) groups is 1. The highest BCUT2D eigenvalue weighted by Gasteiger charge is 2.34. The Hall–Kier alpha value is -3.10. The first-order chi connectivity index (χ1) is 15.9. The minimum atomic E-state index is -3.91. The Morgan fingerprint density at radius 1 is 1.15 bits per heavy atom. The molecule has 1 amide bonds. The third-order valence-electron chi connectivity index (χ3n) is 5.93. The van der Waals surface area contributed by atoms with E-state index in [0.717, 1.165) is 29.7 Å². The van der Waals surface area contributed by atoms with Crippen LogP contribution in [0.1, 0.15) is 35.8 Å². The Morgan fingerprint density at radius 3 is 2.64 bits per heavy atom. The van der Waals surface area contributed by atoms with Gasteiger partial charge in [-0.2, -0.15) is 4.31 Å². The number of aryl methyl sites for hydroxylation is 1. The number of hydrogen-bond acceptors (Lipinski definition) is 5. The number of furan rings is 1. The average molecular weight is 469 g/mol. The molecule has 1 unspecified atom stereocenters. The molecule has 0 spiro atoms. The average Bonchev–Trinajstić information content (AvgIpc) is 3.51. The molecule has 1 aromatic heterocycles. The van der Waals surface area contributed by atoms with E-state index >= 15 is 0 Å². The molecule has 1 fully saturated rings. The molecule has 0 N–H and O–H groups in total. The fourth-order valence-electron chi connectivity index (χ4n) is 4.16. The number of likely N-dealkylation sites (tertiary alicyclic amines) is 1. The summed E-state index contributed by atoms with van der Waals surface area (Å²) < 4.78 is 38.8. The standard InChI is InChI=1S/C25H28N2O5S/c1-19-10-12-23(13-11-19)33(29,30)26(17-22-8-5-15-32-22)18-25(28)27-14-4-9-24(27)20-6-3-7-21(16-20)31-2/h3,5-8,10-13,15-16,24H,4,9,14,17-18H2,1-2H3. The lowest BCUT2D eigenvalue weighted by Gasteiger charge is -2.28. The number of ether oxygens (including phenoxy) is 1. The monoisotopic (exact) mass is 468 g/mol. The molecule has 4 rings (SSSR count). The van der Waals surface area contributed by atoms with Gasteiger partial charge in [0.05, 0.1) is 37.4 Å². The first kappa shape index (κ1) is 23.1. The van der Waals surface area contributed by atoms with E-state index in [4.69, 9.17) is 9.15 Å². The van der Waals surface area contributed by atoms with Gasteiger partial charge in [-0.3, -0.25) is 4.79 Å². The molecule has 1 aliphatic heterocycles. The predicted molar refractivity (Wildman–Crippen MR) is 124 cm³/mol. The van der Waals surface area contributed by atoms with Crippen LogP contribution >= 0.6 is 0 Å². The van der Waals surface area contributed by atoms with Gasteiger partial charge in [0.2, 0.25) is 15.9 Å². The highest BCUT2D eigenvalue weighted by molar-refractivity contribution is 7.89. The molecule has 174 valence electrons. The number of hydrogen-bond donors (Lipinski definition) is 0. The van der Waals surface area contributed by atoms with Gasteiger partial charge in [-0.15, -0.1) is 0 Å². The quantitative estimate of drug-likeness (QED) is 0.496.